The molecule has 1 aromatic carbocycles. The minimum Gasteiger partial charge on any atom is -0.454 e. The molecule has 2 heterocycles. The van der Waals surface area contributed by atoms with E-state index in [-0.39, 0.29) is 12.8 Å². The third-order valence-electron chi connectivity index (χ3n) is 2.79. The molecule has 6 nitrogen and oxygen atoms in total. The first-order valence-corrected chi connectivity index (χ1v) is 7.02. The number of hydrogen-bond acceptors (Lipinski definition) is 5. The molecular formula is C13H13N3O3S. The van der Waals surface area contributed by atoms with Gasteiger partial charge in [0.1, 0.15) is 0 Å². The number of benzene rings is 1. The van der Waals surface area contributed by atoms with Crippen molar-refractivity contribution in [2.45, 2.75) is 6.42 Å². The molecule has 0 atom stereocenters. The fraction of sp³-hybridized carbons (Fsp3) is 0.231. The van der Waals surface area contributed by atoms with E-state index in [1.54, 1.807) is 6.20 Å². The average molecular weight is 291 g/mol. The van der Waals surface area contributed by atoms with Crippen LogP contribution in [0, 0.1) is 0 Å². The van der Waals surface area contributed by atoms with Gasteiger partial charge in [0.15, 0.2) is 16.6 Å². The Bertz CT molecular complexity index is 601. The number of fused-ring (bicyclic) bond motifs is 1. The number of urea groups is 1. The maximum Gasteiger partial charge on any atom is 0.321 e. The largest absolute Gasteiger partial charge is 0.454 e. The number of nitrogens with one attached hydrogen (secondary N) is 2. The van der Waals surface area contributed by atoms with Crippen LogP contribution in [0.2, 0.25) is 0 Å². The number of rotatable bonds is 4. The summed E-state index contributed by atoms with van der Waals surface area (Å²) in [6.45, 7) is 0.810. The standard InChI is InChI=1S/C13H13N3O3S/c17-12(16-13-15-5-6-20-13)14-4-3-9-1-2-10-11(7-9)19-8-18-10/h1-2,5-7H,3-4,8H2,(H2,14,15,16,17). The predicted molar refractivity (Wildman–Crippen MR) is 75.4 cm³/mol. The fourth-order valence-electron chi connectivity index (χ4n) is 1.84. The van der Waals surface area contributed by atoms with Crippen LogP contribution in [0.1, 0.15) is 5.56 Å². The molecule has 1 aliphatic heterocycles. The maximum absolute atomic E-state index is 11.6. The Hall–Kier alpha value is -2.28. The van der Waals surface area contributed by atoms with Crippen LogP contribution in [-0.4, -0.2) is 24.4 Å². The summed E-state index contributed by atoms with van der Waals surface area (Å²) in [5.41, 5.74) is 1.09. The number of thiazole rings is 1. The van der Waals surface area contributed by atoms with Crippen LogP contribution in [0.5, 0.6) is 11.5 Å². The van der Waals surface area contributed by atoms with Crippen LogP contribution in [0.4, 0.5) is 9.93 Å². The minimum absolute atomic E-state index is 0.249. The Labute approximate surface area is 119 Å². The van der Waals surface area contributed by atoms with Crippen molar-refractivity contribution < 1.29 is 14.3 Å². The highest BCUT2D eigenvalue weighted by molar-refractivity contribution is 7.13. The normalized spacial score (nSPS) is 12.2. The van der Waals surface area contributed by atoms with Crippen molar-refractivity contribution in [1.82, 2.24) is 10.3 Å². The minimum atomic E-state index is -0.249. The van der Waals surface area contributed by atoms with Crippen LogP contribution in [0.25, 0.3) is 0 Å². The van der Waals surface area contributed by atoms with E-state index in [4.69, 9.17) is 9.47 Å². The molecule has 0 unspecified atom stereocenters. The van der Waals surface area contributed by atoms with Crippen molar-refractivity contribution in [3.63, 3.8) is 0 Å². The third kappa shape index (κ3) is 3.00. The van der Waals surface area contributed by atoms with Crippen LogP contribution in [0.15, 0.2) is 29.8 Å². The first-order chi connectivity index (χ1) is 9.81. The lowest BCUT2D eigenvalue weighted by molar-refractivity contribution is 0.174. The van der Waals surface area contributed by atoms with E-state index >= 15 is 0 Å². The third-order valence-corrected chi connectivity index (χ3v) is 3.48. The summed E-state index contributed by atoms with van der Waals surface area (Å²) in [5.74, 6) is 1.53. The summed E-state index contributed by atoms with van der Waals surface area (Å²) < 4.78 is 10.6. The summed E-state index contributed by atoms with van der Waals surface area (Å²) in [5, 5.41) is 7.84. The topological polar surface area (TPSA) is 72.5 Å². The highest BCUT2D eigenvalue weighted by atomic mass is 32.1. The number of amides is 2. The van der Waals surface area contributed by atoms with E-state index in [1.165, 1.54) is 11.3 Å². The molecule has 20 heavy (non-hydrogen) atoms. The van der Waals surface area contributed by atoms with Crippen molar-refractivity contribution in [2.24, 2.45) is 0 Å². The molecular weight excluding hydrogens is 278 g/mol. The van der Waals surface area contributed by atoms with Gasteiger partial charge in [-0.15, -0.1) is 11.3 Å². The molecule has 0 saturated carbocycles. The van der Waals surface area contributed by atoms with Gasteiger partial charge < -0.3 is 14.8 Å². The molecule has 7 heteroatoms. The molecule has 2 amide bonds. The van der Waals surface area contributed by atoms with Gasteiger partial charge in [-0.25, -0.2) is 9.78 Å². The maximum atomic E-state index is 11.6. The van der Waals surface area contributed by atoms with Gasteiger partial charge in [0, 0.05) is 18.1 Å². The first-order valence-electron chi connectivity index (χ1n) is 6.14. The molecule has 2 aromatic rings. The van der Waals surface area contributed by atoms with Crippen molar-refractivity contribution in [2.75, 3.05) is 18.7 Å². The fourth-order valence-corrected chi connectivity index (χ4v) is 2.37. The molecule has 0 bridgehead atoms. The van der Waals surface area contributed by atoms with Crippen molar-refractivity contribution in [1.29, 1.82) is 0 Å². The van der Waals surface area contributed by atoms with E-state index in [0.717, 1.165) is 23.5 Å². The number of anilines is 1. The Morgan fingerprint density at radius 3 is 3.10 bits per heavy atom. The van der Waals surface area contributed by atoms with E-state index in [2.05, 4.69) is 15.6 Å². The number of carbonyl (C=O) groups is 1. The van der Waals surface area contributed by atoms with Gasteiger partial charge in [-0.05, 0) is 24.1 Å². The molecule has 0 fully saturated rings. The average Bonchev–Trinajstić information content (AvgIpc) is 3.09. The van der Waals surface area contributed by atoms with Crippen LogP contribution >= 0.6 is 11.3 Å². The number of ether oxygens (including phenoxy) is 2. The van der Waals surface area contributed by atoms with Gasteiger partial charge in [0.2, 0.25) is 6.79 Å². The zero-order valence-electron chi connectivity index (χ0n) is 10.6. The van der Waals surface area contributed by atoms with E-state index in [9.17, 15) is 4.79 Å². The summed E-state index contributed by atoms with van der Waals surface area (Å²) in [6, 6.07) is 5.53. The predicted octanol–water partition coefficient (Wildman–Crippen LogP) is 2.24. The van der Waals surface area contributed by atoms with Gasteiger partial charge in [-0.1, -0.05) is 6.07 Å². The SMILES string of the molecule is O=C(NCCc1ccc2c(c1)OCO2)Nc1nccs1. The summed E-state index contributed by atoms with van der Waals surface area (Å²) in [4.78, 5) is 15.6. The molecule has 0 spiro atoms. The Morgan fingerprint density at radius 1 is 1.35 bits per heavy atom. The van der Waals surface area contributed by atoms with Crippen molar-refractivity contribution >= 4 is 22.5 Å². The quantitative estimate of drug-likeness (QED) is 0.906. The lowest BCUT2D eigenvalue weighted by Gasteiger charge is -2.06. The monoisotopic (exact) mass is 291 g/mol. The smallest absolute Gasteiger partial charge is 0.321 e. The van der Waals surface area contributed by atoms with Gasteiger partial charge >= 0.3 is 6.03 Å². The Morgan fingerprint density at radius 2 is 2.25 bits per heavy atom. The van der Waals surface area contributed by atoms with Crippen LogP contribution < -0.4 is 20.1 Å². The lowest BCUT2D eigenvalue weighted by Crippen LogP contribution is -2.30. The molecule has 0 radical (unpaired) electrons. The second kappa shape index (κ2) is 5.79. The molecule has 3 rings (SSSR count). The summed E-state index contributed by atoms with van der Waals surface area (Å²) >= 11 is 1.38. The molecule has 0 saturated heterocycles. The highest BCUT2D eigenvalue weighted by Gasteiger charge is 2.13. The molecule has 1 aliphatic rings. The second-order valence-electron chi connectivity index (χ2n) is 4.16. The first kappa shape index (κ1) is 12.7. The lowest BCUT2D eigenvalue weighted by atomic mass is 10.1. The van der Waals surface area contributed by atoms with Crippen molar-refractivity contribution in [3.8, 4) is 11.5 Å². The number of aromatic nitrogens is 1. The Kier molecular flexibility index (Phi) is 3.69. The number of hydrogen-bond donors (Lipinski definition) is 2. The molecule has 0 aliphatic carbocycles. The summed E-state index contributed by atoms with van der Waals surface area (Å²) in [6.07, 6.45) is 2.37. The zero-order chi connectivity index (χ0) is 13.8. The zero-order valence-corrected chi connectivity index (χ0v) is 11.4. The van der Waals surface area contributed by atoms with E-state index in [0.29, 0.717) is 11.7 Å². The number of carbonyl (C=O) groups excluding carboxylic acids is 1. The summed E-state index contributed by atoms with van der Waals surface area (Å²) in [7, 11) is 0. The molecule has 104 valence electrons. The second-order valence-corrected chi connectivity index (χ2v) is 5.05. The number of nitrogens with zero attached hydrogens (tertiary/aromatic N) is 1. The van der Waals surface area contributed by atoms with E-state index < -0.39 is 0 Å². The van der Waals surface area contributed by atoms with Gasteiger partial charge in [-0.3, -0.25) is 5.32 Å². The van der Waals surface area contributed by atoms with Gasteiger partial charge in [-0.2, -0.15) is 0 Å². The van der Waals surface area contributed by atoms with Crippen molar-refractivity contribution in [3.05, 3.63) is 35.3 Å². The van der Waals surface area contributed by atoms with Crippen LogP contribution in [0.3, 0.4) is 0 Å². The van der Waals surface area contributed by atoms with Gasteiger partial charge in [0.25, 0.3) is 0 Å². The molecule has 1 aromatic heterocycles. The highest BCUT2D eigenvalue weighted by Crippen LogP contribution is 2.32. The molecule has 2 N–H and O–H groups in total. The van der Waals surface area contributed by atoms with Crippen LogP contribution in [-0.2, 0) is 6.42 Å². The van der Waals surface area contributed by atoms with E-state index in [1.807, 2.05) is 23.6 Å². The van der Waals surface area contributed by atoms with Gasteiger partial charge in [0.05, 0.1) is 0 Å². The Balaban J connectivity index is 1.46.